The summed E-state index contributed by atoms with van der Waals surface area (Å²) in [4.78, 5) is 12.7. The fourth-order valence-corrected chi connectivity index (χ4v) is 5.92. The third-order valence-electron chi connectivity index (χ3n) is 8.46. The molecule has 10 nitrogen and oxygen atoms in total. The van der Waals surface area contributed by atoms with Crippen LogP contribution in [0.5, 0.6) is 5.75 Å². The Balaban J connectivity index is 1.18. The SMILES string of the molecule is CC(C)c1cccc(O[C@H](C)c2nnc(C3CCC(n4cc(C5(O)CCN([B]C=O)CC5)nn4)CC3)n2C)c1. The van der Waals surface area contributed by atoms with Crippen LogP contribution in [0.4, 0.5) is 0 Å². The quantitative estimate of drug-likeness (QED) is 0.328. The Bertz CT molecular complexity index is 1260. The van der Waals surface area contributed by atoms with Gasteiger partial charge in [-0.3, -0.25) is 0 Å². The Morgan fingerprint density at radius 2 is 1.85 bits per heavy atom. The highest BCUT2D eigenvalue weighted by Gasteiger charge is 2.37. The maximum Gasteiger partial charge on any atom is 0.293 e. The second-order valence-corrected chi connectivity index (χ2v) is 11.4. The molecular weight excluding hydrogens is 493 g/mol. The van der Waals surface area contributed by atoms with Crippen LogP contribution in [0.15, 0.2) is 30.5 Å². The first-order valence-corrected chi connectivity index (χ1v) is 14.1. The van der Waals surface area contributed by atoms with Gasteiger partial charge in [0.05, 0.1) is 18.4 Å². The van der Waals surface area contributed by atoms with E-state index < -0.39 is 5.60 Å². The summed E-state index contributed by atoms with van der Waals surface area (Å²) in [5.74, 6) is 3.45. The molecule has 0 spiro atoms. The number of hydrogen-bond acceptors (Lipinski definition) is 8. The van der Waals surface area contributed by atoms with Gasteiger partial charge < -0.3 is 24.0 Å². The van der Waals surface area contributed by atoms with E-state index in [2.05, 4.69) is 51.1 Å². The molecule has 0 bridgehead atoms. The number of carbonyl (C=O) groups excluding carboxylic acids is 1. The van der Waals surface area contributed by atoms with Crippen molar-refractivity contribution in [3.63, 3.8) is 0 Å². The predicted molar refractivity (Wildman–Crippen MR) is 148 cm³/mol. The van der Waals surface area contributed by atoms with Crippen molar-refractivity contribution in [1.82, 2.24) is 34.6 Å². The highest BCUT2D eigenvalue weighted by molar-refractivity contribution is 6.64. The predicted octanol–water partition coefficient (Wildman–Crippen LogP) is 3.66. The molecule has 39 heavy (non-hydrogen) atoms. The number of carbonyl (C=O) groups is 1. The minimum Gasteiger partial charge on any atom is -0.483 e. The number of hydrogen-bond donors (Lipinski definition) is 1. The van der Waals surface area contributed by atoms with Crippen molar-refractivity contribution in [2.24, 2.45) is 7.05 Å². The van der Waals surface area contributed by atoms with Crippen molar-refractivity contribution in [2.45, 2.75) is 88.9 Å². The zero-order chi connectivity index (χ0) is 27.6. The van der Waals surface area contributed by atoms with E-state index in [0.29, 0.717) is 43.5 Å². The second-order valence-electron chi connectivity index (χ2n) is 11.4. The minimum atomic E-state index is -0.993. The molecule has 1 atom stereocenters. The van der Waals surface area contributed by atoms with E-state index in [1.165, 1.54) is 13.0 Å². The van der Waals surface area contributed by atoms with Gasteiger partial charge in [0.2, 0.25) is 0 Å². The van der Waals surface area contributed by atoms with Crippen molar-refractivity contribution in [3.8, 4) is 5.75 Å². The molecule has 2 aliphatic rings. The van der Waals surface area contributed by atoms with Gasteiger partial charge in [0.1, 0.15) is 22.9 Å². The molecular formula is C28H39BN7O3. The Morgan fingerprint density at radius 1 is 1.10 bits per heavy atom. The Hall–Kier alpha value is -3.05. The van der Waals surface area contributed by atoms with Gasteiger partial charge in [-0.25, -0.2) is 4.68 Å². The van der Waals surface area contributed by atoms with Crippen molar-refractivity contribution >= 4 is 13.6 Å². The summed E-state index contributed by atoms with van der Waals surface area (Å²) in [5.41, 5.74) is 0.885. The third-order valence-corrected chi connectivity index (χ3v) is 8.46. The molecule has 3 heterocycles. The summed E-state index contributed by atoms with van der Waals surface area (Å²) in [6.07, 6.45) is 7.45. The first-order valence-electron chi connectivity index (χ1n) is 14.1. The monoisotopic (exact) mass is 532 g/mol. The third kappa shape index (κ3) is 5.94. The molecule has 5 rings (SSSR count). The first-order chi connectivity index (χ1) is 18.8. The molecule has 1 saturated carbocycles. The molecule has 0 unspecified atom stereocenters. The van der Waals surface area contributed by atoms with E-state index in [1.54, 1.807) is 0 Å². The standard InChI is InChI=1S/C28H39BN7O3/c1-19(2)22-6-5-7-24(16-22)39-20(3)26-31-32-27(34(26)4)21-8-10-23(11-9-21)36-17-25(30-33-36)28(38)12-14-35(15-13-28)29-18-37/h5-7,16-21,23,38H,8-15H2,1-4H3/t20-,21?,23?/m1/s1. The average Bonchev–Trinajstić information content (AvgIpc) is 3.58. The molecule has 1 N–H and O–H groups in total. The lowest BCUT2D eigenvalue weighted by Crippen LogP contribution is -2.44. The smallest absolute Gasteiger partial charge is 0.293 e. The molecule has 2 aromatic heterocycles. The number of aromatic nitrogens is 6. The Kier molecular flexibility index (Phi) is 8.18. The van der Waals surface area contributed by atoms with Gasteiger partial charge in [-0.2, -0.15) is 0 Å². The molecule has 1 saturated heterocycles. The van der Waals surface area contributed by atoms with Gasteiger partial charge >= 0.3 is 0 Å². The zero-order valence-corrected chi connectivity index (χ0v) is 23.4. The average molecular weight is 532 g/mol. The van der Waals surface area contributed by atoms with Gasteiger partial charge in [0, 0.05) is 13.0 Å². The van der Waals surface area contributed by atoms with Crippen LogP contribution in [0, 0.1) is 0 Å². The zero-order valence-electron chi connectivity index (χ0n) is 23.4. The summed E-state index contributed by atoms with van der Waals surface area (Å²) in [7, 11) is 3.57. The van der Waals surface area contributed by atoms with E-state index in [-0.39, 0.29) is 12.1 Å². The number of piperidine rings is 1. The van der Waals surface area contributed by atoms with Gasteiger partial charge in [-0.1, -0.05) is 31.2 Å². The molecule has 1 aliphatic heterocycles. The summed E-state index contributed by atoms with van der Waals surface area (Å²) < 4.78 is 10.3. The van der Waals surface area contributed by atoms with Crippen molar-refractivity contribution in [2.75, 3.05) is 13.1 Å². The fourth-order valence-electron chi connectivity index (χ4n) is 5.92. The lowest BCUT2D eigenvalue weighted by atomic mass is 9.83. The molecule has 207 valence electrons. The molecule has 11 heteroatoms. The topological polar surface area (TPSA) is 111 Å². The van der Waals surface area contributed by atoms with Crippen LogP contribution in [-0.4, -0.2) is 66.4 Å². The van der Waals surface area contributed by atoms with E-state index in [4.69, 9.17) is 4.74 Å². The number of rotatable bonds is 9. The summed E-state index contributed by atoms with van der Waals surface area (Å²) in [5, 5.41) is 29.0. The number of ether oxygens (including phenoxy) is 1. The molecule has 1 radical (unpaired) electrons. The number of benzene rings is 1. The van der Waals surface area contributed by atoms with Crippen LogP contribution in [0.2, 0.25) is 0 Å². The molecule has 2 fully saturated rings. The van der Waals surface area contributed by atoms with Gasteiger partial charge in [-0.15, -0.1) is 15.3 Å². The first kappa shape index (κ1) is 27.5. The Labute approximate surface area is 231 Å². The number of aliphatic hydroxyl groups is 1. The molecule has 1 aromatic carbocycles. The Morgan fingerprint density at radius 3 is 2.54 bits per heavy atom. The van der Waals surface area contributed by atoms with E-state index in [1.807, 2.05) is 41.8 Å². The number of nitrogens with zero attached hydrogens (tertiary/aromatic N) is 7. The fraction of sp³-hybridized carbons (Fsp3) is 0.607. The van der Waals surface area contributed by atoms with Gasteiger partial charge in [-0.05, 0) is 82.2 Å². The summed E-state index contributed by atoms with van der Waals surface area (Å²) >= 11 is 0. The maximum atomic E-state index is 11.2. The largest absolute Gasteiger partial charge is 0.483 e. The normalized spacial score (nSPS) is 22.5. The van der Waals surface area contributed by atoms with Crippen LogP contribution in [0.1, 0.15) is 106 Å². The van der Waals surface area contributed by atoms with Crippen LogP contribution >= 0.6 is 0 Å². The lowest BCUT2D eigenvalue weighted by Gasteiger charge is -2.36. The highest BCUT2D eigenvalue weighted by Crippen LogP contribution is 2.39. The van der Waals surface area contributed by atoms with Crippen molar-refractivity contribution in [1.29, 1.82) is 0 Å². The van der Waals surface area contributed by atoms with Crippen LogP contribution in [0.3, 0.4) is 0 Å². The van der Waals surface area contributed by atoms with Crippen LogP contribution in [-0.2, 0) is 17.4 Å². The molecule has 3 aromatic rings. The lowest BCUT2D eigenvalue weighted by molar-refractivity contribution is -0.0138. The van der Waals surface area contributed by atoms with Crippen molar-refractivity contribution in [3.05, 3.63) is 53.4 Å². The highest BCUT2D eigenvalue weighted by atomic mass is 16.5. The van der Waals surface area contributed by atoms with E-state index >= 15 is 0 Å². The van der Waals surface area contributed by atoms with Gasteiger partial charge in [0.15, 0.2) is 11.9 Å². The van der Waals surface area contributed by atoms with Crippen LogP contribution < -0.4 is 4.74 Å². The van der Waals surface area contributed by atoms with Gasteiger partial charge in [0.25, 0.3) is 7.41 Å². The van der Waals surface area contributed by atoms with Crippen LogP contribution in [0.25, 0.3) is 0 Å². The summed E-state index contributed by atoms with van der Waals surface area (Å²) in [6.45, 7) is 7.63. The van der Waals surface area contributed by atoms with E-state index in [0.717, 1.165) is 49.3 Å². The van der Waals surface area contributed by atoms with Crippen molar-refractivity contribution < 1.29 is 14.6 Å². The minimum absolute atomic E-state index is 0.211. The maximum absolute atomic E-state index is 11.2. The van der Waals surface area contributed by atoms with E-state index in [9.17, 15) is 9.90 Å². The summed E-state index contributed by atoms with van der Waals surface area (Å²) in [6, 6.07) is 8.50. The second kappa shape index (κ2) is 11.6. The molecule has 1 aliphatic carbocycles. The molecule has 0 amide bonds.